The Kier molecular flexibility index (Phi) is 8.75. The van der Waals surface area contributed by atoms with Crippen molar-refractivity contribution in [1.82, 2.24) is 4.98 Å². The van der Waals surface area contributed by atoms with Crippen LogP contribution in [0.5, 0.6) is 5.75 Å². The monoisotopic (exact) mass is 529 g/mol. The van der Waals surface area contributed by atoms with Crippen molar-refractivity contribution in [1.29, 1.82) is 0 Å². The highest BCUT2D eigenvalue weighted by molar-refractivity contribution is 5.78. The Balaban J connectivity index is 1.74. The summed E-state index contributed by atoms with van der Waals surface area (Å²) in [6.07, 6.45) is 12.6. The Morgan fingerprint density at radius 3 is 1.74 bits per heavy atom. The van der Waals surface area contributed by atoms with Crippen LogP contribution in [0, 0.1) is 42.4 Å². The summed E-state index contributed by atoms with van der Waals surface area (Å²) in [5.74, 6) is 1.86. The van der Waals surface area contributed by atoms with E-state index in [-0.39, 0.29) is 63.8 Å². The topological polar surface area (TPSA) is 123 Å². The van der Waals surface area contributed by atoms with Crippen LogP contribution in [0.4, 0.5) is 0 Å². The van der Waals surface area contributed by atoms with Crippen molar-refractivity contribution in [3.63, 3.8) is 0 Å². The van der Waals surface area contributed by atoms with E-state index in [1.54, 1.807) is 34.6 Å². The molecule has 10 heteroatoms. The van der Waals surface area contributed by atoms with Crippen LogP contribution in [-0.4, -0.2) is 60.0 Å². The van der Waals surface area contributed by atoms with E-state index in [1.807, 2.05) is 0 Å². The Morgan fingerprint density at radius 1 is 0.895 bits per heavy atom. The number of rotatable bonds is 8. The predicted octanol–water partition coefficient (Wildman–Crippen LogP) is 2.77. The van der Waals surface area contributed by atoms with E-state index in [2.05, 4.69) is 16.8 Å². The Bertz CT molecular complexity index is 1120. The smallest absolute Gasteiger partial charge is 0.318 e. The summed E-state index contributed by atoms with van der Waals surface area (Å²) in [6.45, 7) is 8.10. The molecule has 2 aliphatic heterocycles. The van der Waals surface area contributed by atoms with E-state index in [0.717, 1.165) is 0 Å². The predicted molar refractivity (Wildman–Crippen MR) is 134 cm³/mol. The number of carbonyl (C=O) groups excluding carboxylic acids is 2. The molecule has 0 aliphatic carbocycles. The maximum Gasteiger partial charge on any atom is 0.318 e. The summed E-state index contributed by atoms with van der Waals surface area (Å²) in [6, 6.07) is 0. The zero-order valence-electron chi connectivity index (χ0n) is 22.5. The van der Waals surface area contributed by atoms with Gasteiger partial charge in [0.1, 0.15) is 29.8 Å². The van der Waals surface area contributed by atoms with Gasteiger partial charge in [0.2, 0.25) is 0 Å². The fourth-order valence-electron chi connectivity index (χ4n) is 3.95. The molecule has 0 radical (unpaired) electrons. The number of terminal acetylenes is 2. The molecule has 206 valence electrons. The summed E-state index contributed by atoms with van der Waals surface area (Å²) in [5, 5.41) is 10.7. The maximum absolute atomic E-state index is 13.1. The number of carbonyl (C=O) groups is 2. The Hall–Kier alpha value is -3.15. The van der Waals surface area contributed by atoms with Crippen molar-refractivity contribution in [3.8, 4) is 30.4 Å². The van der Waals surface area contributed by atoms with Crippen molar-refractivity contribution >= 4 is 11.9 Å². The van der Waals surface area contributed by atoms with Crippen molar-refractivity contribution in [2.75, 3.05) is 26.4 Å². The minimum Gasteiger partial charge on any atom is -0.506 e. The second-order valence-corrected chi connectivity index (χ2v) is 10.6. The van der Waals surface area contributed by atoms with Gasteiger partial charge in [-0.05, 0) is 34.6 Å². The number of pyridine rings is 1. The summed E-state index contributed by atoms with van der Waals surface area (Å²) in [5.41, 5.74) is -1.45. The molecule has 0 amide bonds. The quantitative estimate of drug-likeness (QED) is 0.397. The van der Waals surface area contributed by atoms with Crippen LogP contribution in [-0.2, 0) is 51.2 Å². The summed E-state index contributed by atoms with van der Waals surface area (Å²) >= 11 is 0. The lowest BCUT2D eigenvalue weighted by Crippen LogP contribution is -2.51. The average molecular weight is 530 g/mol. The van der Waals surface area contributed by atoms with Gasteiger partial charge >= 0.3 is 11.9 Å². The fraction of sp³-hybridized carbons (Fsp3) is 0.607. The van der Waals surface area contributed by atoms with Gasteiger partial charge in [0.15, 0.2) is 11.6 Å². The fourth-order valence-corrected chi connectivity index (χ4v) is 3.95. The molecule has 1 N–H and O–H groups in total. The first-order chi connectivity index (χ1) is 17.8. The number of hydrogen-bond donors (Lipinski definition) is 1. The van der Waals surface area contributed by atoms with Crippen LogP contribution in [0.25, 0.3) is 0 Å². The van der Waals surface area contributed by atoms with Crippen LogP contribution in [0.15, 0.2) is 6.20 Å². The normalized spacial score (nSPS) is 20.9. The third kappa shape index (κ3) is 6.46. The summed E-state index contributed by atoms with van der Waals surface area (Å²) in [4.78, 5) is 30.4. The lowest BCUT2D eigenvalue weighted by molar-refractivity contribution is -0.284. The van der Waals surface area contributed by atoms with E-state index in [4.69, 9.17) is 41.3 Å². The van der Waals surface area contributed by atoms with Crippen LogP contribution in [0.2, 0.25) is 0 Å². The molecule has 0 saturated carbocycles. The molecule has 1 aromatic heterocycles. The molecule has 0 unspecified atom stereocenters. The number of nitrogens with zero attached hydrogens (tertiary/aromatic N) is 1. The molecule has 0 spiro atoms. The summed E-state index contributed by atoms with van der Waals surface area (Å²) in [7, 11) is 0. The lowest BCUT2D eigenvalue weighted by atomic mass is 9.85. The molecule has 38 heavy (non-hydrogen) atoms. The molecule has 2 saturated heterocycles. The molecule has 10 nitrogen and oxygen atoms in total. The van der Waals surface area contributed by atoms with Crippen molar-refractivity contribution in [2.24, 2.45) is 10.8 Å². The highest BCUT2D eigenvalue weighted by Gasteiger charge is 2.48. The van der Waals surface area contributed by atoms with Gasteiger partial charge in [-0.25, -0.2) is 0 Å². The number of ether oxygens (including phenoxy) is 6. The summed E-state index contributed by atoms with van der Waals surface area (Å²) < 4.78 is 33.8. The van der Waals surface area contributed by atoms with Crippen LogP contribution in [0.3, 0.4) is 0 Å². The second kappa shape index (κ2) is 11.3. The highest BCUT2D eigenvalue weighted by atomic mass is 16.7. The third-order valence-electron chi connectivity index (χ3n) is 6.67. The maximum atomic E-state index is 13.1. The second-order valence-electron chi connectivity index (χ2n) is 10.6. The van der Waals surface area contributed by atoms with Crippen LogP contribution < -0.4 is 0 Å². The minimum absolute atomic E-state index is 0.0209. The standard InChI is InChI=1S/C28H35NO9/c1-8-10-27(15-35-25(4,5)36-16-27)23(31)33-13-20-12-29-19(3)22(30)21(20)14-34-24(32)28(11-9-2)17-37-26(6,7)38-18-28/h1-2,12,30H,10-11,13-18H2,3-7H3. The Labute approximate surface area is 223 Å². The first-order valence-corrected chi connectivity index (χ1v) is 12.2. The van der Waals surface area contributed by atoms with Gasteiger partial charge in [0, 0.05) is 30.2 Å². The first kappa shape index (κ1) is 29.4. The first-order valence-electron chi connectivity index (χ1n) is 12.2. The molecular formula is C28H35NO9. The van der Waals surface area contributed by atoms with Crippen LogP contribution >= 0.6 is 0 Å². The van der Waals surface area contributed by atoms with Crippen LogP contribution in [0.1, 0.15) is 57.4 Å². The number of aromatic nitrogens is 1. The highest BCUT2D eigenvalue weighted by Crippen LogP contribution is 2.36. The minimum atomic E-state index is -1.19. The molecule has 1 aromatic rings. The van der Waals surface area contributed by atoms with E-state index in [1.165, 1.54) is 6.20 Å². The van der Waals surface area contributed by atoms with Gasteiger partial charge < -0.3 is 33.5 Å². The number of hydrogen-bond acceptors (Lipinski definition) is 10. The average Bonchev–Trinajstić information content (AvgIpc) is 2.87. The van der Waals surface area contributed by atoms with E-state index >= 15 is 0 Å². The molecular weight excluding hydrogens is 494 g/mol. The number of esters is 2. The molecule has 0 bridgehead atoms. The zero-order valence-corrected chi connectivity index (χ0v) is 22.5. The number of aromatic hydroxyl groups is 1. The molecule has 3 rings (SSSR count). The number of aryl methyl sites for hydroxylation is 1. The van der Waals surface area contributed by atoms with Crippen molar-refractivity contribution in [2.45, 2.75) is 72.2 Å². The Morgan fingerprint density at radius 2 is 1.32 bits per heavy atom. The molecule has 0 atom stereocenters. The molecule has 2 fully saturated rings. The molecule has 3 heterocycles. The van der Waals surface area contributed by atoms with Gasteiger partial charge in [-0.3, -0.25) is 14.6 Å². The lowest BCUT2D eigenvalue weighted by Gasteiger charge is -2.41. The zero-order chi connectivity index (χ0) is 28.2. The van der Waals surface area contributed by atoms with Crippen molar-refractivity contribution < 1.29 is 43.1 Å². The van der Waals surface area contributed by atoms with E-state index in [9.17, 15) is 14.7 Å². The van der Waals surface area contributed by atoms with Gasteiger partial charge in [-0.1, -0.05) is 0 Å². The molecule has 0 aromatic carbocycles. The van der Waals surface area contributed by atoms with E-state index < -0.39 is 34.3 Å². The van der Waals surface area contributed by atoms with Gasteiger partial charge in [0.25, 0.3) is 0 Å². The third-order valence-corrected chi connectivity index (χ3v) is 6.67. The van der Waals surface area contributed by atoms with E-state index in [0.29, 0.717) is 11.3 Å². The van der Waals surface area contributed by atoms with Crippen molar-refractivity contribution in [3.05, 3.63) is 23.0 Å². The SMILES string of the molecule is C#CCC1(C(=O)OCc2cnc(C)c(O)c2COC(=O)C2(CC#C)COC(C)(C)OC2)COC(C)(C)OC1. The van der Waals surface area contributed by atoms with Gasteiger partial charge in [0.05, 0.1) is 32.1 Å². The van der Waals surface area contributed by atoms with Gasteiger partial charge in [-0.2, -0.15) is 0 Å². The largest absolute Gasteiger partial charge is 0.506 e. The molecule has 2 aliphatic rings. The van der Waals surface area contributed by atoms with Gasteiger partial charge in [-0.15, -0.1) is 24.7 Å².